The van der Waals surface area contributed by atoms with Crippen LogP contribution in [0.4, 0.5) is 17.6 Å². The van der Waals surface area contributed by atoms with Crippen molar-refractivity contribution in [3.63, 3.8) is 0 Å². The van der Waals surface area contributed by atoms with Gasteiger partial charge in [-0.2, -0.15) is 13.2 Å². The molecule has 1 unspecified atom stereocenters. The van der Waals surface area contributed by atoms with E-state index in [0.717, 1.165) is 6.07 Å². The van der Waals surface area contributed by atoms with Gasteiger partial charge in [-0.3, -0.25) is 0 Å². The monoisotopic (exact) mass is 237 g/mol. The van der Waals surface area contributed by atoms with Crippen molar-refractivity contribution in [1.82, 2.24) is 0 Å². The first-order valence-corrected chi connectivity index (χ1v) is 4.58. The van der Waals surface area contributed by atoms with Crippen LogP contribution in [0.1, 0.15) is 11.1 Å². The number of benzene rings is 1. The second-order valence-corrected chi connectivity index (χ2v) is 3.41. The van der Waals surface area contributed by atoms with E-state index in [4.69, 9.17) is 5.73 Å². The molecule has 0 amide bonds. The van der Waals surface area contributed by atoms with E-state index < -0.39 is 23.7 Å². The van der Waals surface area contributed by atoms with Crippen molar-refractivity contribution in [2.45, 2.75) is 18.7 Å². The second kappa shape index (κ2) is 4.80. The third-order valence-corrected chi connectivity index (χ3v) is 2.08. The van der Waals surface area contributed by atoms with Gasteiger partial charge < -0.3 is 10.8 Å². The molecule has 3 N–H and O–H groups in total. The van der Waals surface area contributed by atoms with Crippen LogP contribution in [0.3, 0.4) is 0 Å². The smallest absolute Gasteiger partial charge is 0.391 e. The summed E-state index contributed by atoms with van der Waals surface area (Å²) in [5.74, 6) is -1.32. The summed E-state index contributed by atoms with van der Waals surface area (Å²) in [7, 11) is 0. The van der Waals surface area contributed by atoms with Gasteiger partial charge in [0.2, 0.25) is 0 Å². The Labute approximate surface area is 89.7 Å². The molecule has 0 fully saturated rings. The average Bonchev–Trinajstić information content (AvgIpc) is 2.19. The molecule has 0 aliphatic carbocycles. The first-order chi connectivity index (χ1) is 7.34. The van der Waals surface area contributed by atoms with Crippen LogP contribution in [0.2, 0.25) is 0 Å². The van der Waals surface area contributed by atoms with Crippen molar-refractivity contribution in [3.05, 3.63) is 35.1 Å². The lowest BCUT2D eigenvalue weighted by Crippen LogP contribution is -2.22. The molecule has 0 radical (unpaired) electrons. The predicted molar refractivity (Wildman–Crippen MR) is 50.2 cm³/mol. The Morgan fingerprint density at radius 2 is 1.94 bits per heavy atom. The quantitative estimate of drug-likeness (QED) is 0.786. The fraction of sp³-hybridized carbons (Fsp3) is 0.400. The van der Waals surface area contributed by atoms with Crippen molar-refractivity contribution < 1.29 is 22.7 Å². The Morgan fingerprint density at radius 1 is 1.31 bits per heavy atom. The zero-order valence-electron chi connectivity index (χ0n) is 8.26. The van der Waals surface area contributed by atoms with Crippen LogP contribution in [-0.2, 0) is 12.6 Å². The summed E-state index contributed by atoms with van der Waals surface area (Å²) in [6.45, 7) is -0.0568. The van der Waals surface area contributed by atoms with E-state index in [1.165, 1.54) is 6.07 Å². The highest BCUT2D eigenvalue weighted by atomic mass is 19.4. The average molecular weight is 237 g/mol. The predicted octanol–water partition coefficient (Wildman–Crippen LogP) is 1.71. The fourth-order valence-electron chi connectivity index (χ4n) is 1.27. The summed E-state index contributed by atoms with van der Waals surface area (Å²) in [6, 6.07) is 2.62. The van der Waals surface area contributed by atoms with Crippen LogP contribution in [0.5, 0.6) is 0 Å². The molecule has 0 saturated carbocycles. The maximum atomic E-state index is 12.9. The summed E-state index contributed by atoms with van der Waals surface area (Å²) in [5, 5.41) is 9.17. The molecular formula is C10H11F4NO. The maximum Gasteiger partial charge on any atom is 0.419 e. The van der Waals surface area contributed by atoms with Crippen LogP contribution in [0.15, 0.2) is 18.2 Å². The lowest BCUT2D eigenvalue weighted by Gasteiger charge is -2.12. The van der Waals surface area contributed by atoms with Gasteiger partial charge in [0.05, 0.1) is 11.7 Å². The van der Waals surface area contributed by atoms with Gasteiger partial charge in [-0.05, 0) is 24.1 Å². The van der Waals surface area contributed by atoms with E-state index in [-0.39, 0.29) is 18.5 Å². The number of halogens is 4. The van der Waals surface area contributed by atoms with Crippen LogP contribution in [-0.4, -0.2) is 17.8 Å². The van der Waals surface area contributed by atoms with Crippen LogP contribution >= 0.6 is 0 Å². The normalized spacial score (nSPS) is 13.9. The second-order valence-electron chi connectivity index (χ2n) is 3.41. The summed E-state index contributed by atoms with van der Waals surface area (Å²) in [6.07, 6.45) is -5.68. The summed E-state index contributed by atoms with van der Waals surface area (Å²) >= 11 is 0. The van der Waals surface area contributed by atoms with Gasteiger partial charge in [0, 0.05) is 6.54 Å². The molecule has 0 aromatic heterocycles. The van der Waals surface area contributed by atoms with Crippen molar-refractivity contribution in [2.24, 2.45) is 5.73 Å². The van der Waals surface area contributed by atoms with Crippen LogP contribution in [0, 0.1) is 5.82 Å². The molecule has 90 valence electrons. The van der Waals surface area contributed by atoms with E-state index >= 15 is 0 Å². The van der Waals surface area contributed by atoms with Gasteiger partial charge in [0.25, 0.3) is 0 Å². The first-order valence-electron chi connectivity index (χ1n) is 4.58. The van der Waals surface area contributed by atoms with Gasteiger partial charge in [0.15, 0.2) is 0 Å². The van der Waals surface area contributed by atoms with Crippen LogP contribution < -0.4 is 5.73 Å². The first kappa shape index (κ1) is 12.9. The molecule has 0 spiro atoms. The molecule has 0 bridgehead atoms. The standard InChI is InChI=1S/C10H11F4NO/c11-9-2-1-6(3-7(16)5-15)4-8(9)10(12,13)14/h1-2,4,7,16H,3,5,15H2. The van der Waals surface area contributed by atoms with Gasteiger partial charge in [-0.25, -0.2) is 4.39 Å². The molecule has 0 aliphatic rings. The number of rotatable bonds is 3. The van der Waals surface area contributed by atoms with Gasteiger partial charge >= 0.3 is 6.18 Å². The summed E-state index contributed by atoms with van der Waals surface area (Å²) < 4.78 is 49.8. The van der Waals surface area contributed by atoms with Crippen molar-refractivity contribution in [2.75, 3.05) is 6.54 Å². The highest BCUT2D eigenvalue weighted by Crippen LogP contribution is 2.32. The van der Waals surface area contributed by atoms with Crippen molar-refractivity contribution in [1.29, 1.82) is 0 Å². The van der Waals surface area contributed by atoms with E-state index in [2.05, 4.69) is 0 Å². The third kappa shape index (κ3) is 3.18. The van der Waals surface area contributed by atoms with E-state index in [1.807, 2.05) is 0 Å². The van der Waals surface area contributed by atoms with Gasteiger partial charge in [-0.1, -0.05) is 6.07 Å². The number of aliphatic hydroxyl groups excluding tert-OH is 1. The summed E-state index contributed by atoms with van der Waals surface area (Å²) in [4.78, 5) is 0. The Hall–Kier alpha value is -1.14. The van der Waals surface area contributed by atoms with Crippen LogP contribution in [0.25, 0.3) is 0 Å². The Bertz CT molecular complexity index is 364. The minimum atomic E-state index is -4.73. The minimum absolute atomic E-state index is 0.0279. The number of alkyl halides is 3. The third-order valence-electron chi connectivity index (χ3n) is 2.08. The van der Waals surface area contributed by atoms with Gasteiger partial charge in [0.1, 0.15) is 5.82 Å². The van der Waals surface area contributed by atoms with Crippen molar-refractivity contribution >= 4 is 0 Å². The number of nitrogens with two attached hydrogens (primary N) is 1. The minimum Gasteiger partial charge on any atom is -0.391 e. The zero-order valence-corrected chi connectivity index (χ0v) is 8.26. The maximum absolute atomic E-state index is 12.9. The number of hydrogen-bond donors (Lipinski definition) is 2. The Balaban J connectivity index is 2.99. The van der Waals surface area contributed by atoms with E-state index in [1.54, 1.807) is 0 Å². The lowest BCUT2D eigenvalue weighted by molar-refractivity contribution is -0.140. The Morgan fingerprint density at radius 3 is 2.44 bits per heavy atom. The topological polar surface area (TPSA) is 46.2 Å². The molecule has 0 heterocycles. The number of hydrogen-bond acceptors (Lipinski definition) is 2. The van der Waals surface area contributed by atoms with Crippen molar-refractivity contribution in [3.8, 4) is 0 Å². The zero-order chi connectivity index (χ0) is 12.3. The highest BCUT2D eigenvalue weighted by molar-refractivity contribution is 5.27. The number of aliphatic hydroxyl groups is 1. The SMILES string of the molecule is NCC(O)Cc1ccc(F)c(C(F)(F)F)c1. The summed E-state index contributed by atoms with van der Waals surface area (Å²) in [5.41, 5.74) is 4.00. The molecule has 1 rings (SSSR count). The molecule has 6 heteroatoms. The van der Waals surface area contributed by atoms with Gasteiger partial charge in [-0.15, -0.1) is 0 Å². The van der Waals surface area contributed by atoms with E-state index in [9.17, 15) is 22.7 Å². The lowest BCUT2D eigenvalue weighted by atomic mass is 10.0. The molecule has 1 atom stereocenters. The Kier molecular flexibility index (Phi) is 3.88. The molecule has 1 aromatic carbocycles. The molecular weight excluding hydrogens is 226 g/mol. The molecule has 0 aliphatic heterocycles. The molecule has 2 nitrogen and oxygen atoms in total. The fourth-order valence-corrected chi connectivity index (χ4v) is 1.27. The van der Waals surface area contributed by atoms with E-state index in [0.29, 0.717) is 6.07 Å². The molecule has 0 saturated heterocycles. The largest absolute Gasteiger partial charge is 0.419 e. The molecule has 1 aromatic rings. The molecule has 16 heavy (non-hydrogen) atoms. The highest BCUT2D eigenvalue weighted by Gasteiger charge is 2.34.